The van der Waals surface area contributed by atoms with Crippen LogP contribution in [0.3, 0.4) is 0 Å². The molecule has 2 amide bonds. The van der Waals surface area contributed by atoms with E-state index in [1.807, 2.05) is 13.8 Å². The zero-order valence-corrected chi connectivity index (χ0v) is 8.05. The number of imide groups is 1. The maximum absolute atomic E-state index is 11.0. The molecule has 3 heteroatoms. The van der Waals surface area contributed by atoms with Crippen LogP contribution in [-0.4, -0.2) is 23.3 Å². The first kappa shape index (κ1) is 10.9. The predicted octanol–water partition coefficient (Wildman–Crippen LogP) is 1.35. The Kier molecular flexibility index (Phi) is 4.26. The van der Waals surface area contributed by atoms with E-state index in [1.54, 1.807) is 13.8 Å². The molecular formula is C9H15NO2. The van der Waals surface area contributed by atoms with Gasteiger partial charge in [-0.25, -0.2) is 0 Å². The SMILES string of the molecule is CC.CCN1C(=O)C=C(C)C1=O. The van der Waals surface area contributed by atoms with Crippen molar-refractivity contribution in [3.05, 3.63) is 11.6 Å². The molecule has 68 valence electrons. The van der Waals surface area contributed by atoms with Gasteiger partial charge in [-0.15, -0.1) is 0 Å². The first-order valence-corrected chi connectivity index (χ1v) is 4.21. The highest BCUT2D eigenvalue weighted by molar-refractivity contribution is 6.15. The van der Waals surface area contributed by atoms with E-state index in [2.05, 4.69) is 0 Å². The van der Waals surface area contributed by atoms with E-state index >= 15 is 0 Å². The molecule has 0 saturated carbocycles. The van der Waals surface area contributed by atoms with Crippen molar-refractivity contribution in [3.63, 3.8) is 0 Å². The molecule has 12 heavy (non-hydrogen) atoms. The molecule has 1 aliphatic rings. The Morgan fingerprint density at radius 3 is 2.00 bits per heavy atom. The normalized spacial score (nSPS) is 15.7. The van der Waals surface area contributed by atoms with Crippen LogP contribution in [-0.2, 0) is 9.59 Å². The third-order valence-electron chi connectivity index (χ3n) is 1.50. The third kappa shape index (κ3) is 1.94. The predicted molar refractivity (Wildman–Crippen MR) is 47.5 cm³/mol. The van der Waals surface area contributed by atoms with Crippen LogP contribution in [0, 0.1) is 0 Å². The minimum Gasteiger partial charge on any atom is -0.275 e. The number of carbonyl (C=O) groups excluding carboxylic acids is 2. The molecule has 0 fully saturated rings. The van der Waals surface area contributed by atoms with E-state index < -0.39 is 0 Å². The van der Waals surface area contributed by atoms with Crippen LogP contribution in [0.25, 0.3) is 0 Å². The highest BCUT2D eigenvalue weighted by atomic mass is 16.2. The topological polar surface area (TPSA) is 37.4 Å². The third-order valence-corrected chi connectivity index (χ3v) is 1.50. The number of hydrogen-bond donors (Lipinski definition) is 0. The van der Waals surface area contributed by atoms with Gasteiger partial charge in [0.2, 0.25) is 0 Å². The molecule has 0 N–H and O–H groups in total. The van der Waals surface area contributed by atoms with Crippen molar-refractivity contribution in [2.75, 3.05) is 6.54 Å². The number of likely N-dealkylation sites (N-methyl/N-ethyl adjacent to an activating group) is 1. The van der Waals surface area contributed by atoms with Crippen molar-refractivity contribution in [1.29, 1.82) is 0 Å². The van der Waals surface area contributed by atoms with Crippen LogP contribution in [0.1, 0.15) is 27.7 Å². The van der Waals surface area contributed by atoms with Gasteiger partial charge in [0.25, 0.3) is 11.8 Å². The largest absolute Gasteiger partial charge is 0.275 e. The maximum atomic E-state index is 11.0. The minimum absolute atomic E-state index is 0.160. The minimum atomic E-state index is -0.190. The molecule has 0 aromatic heterocycles. The fourth-order valence-corrected chi connectivity index (χ4v) is 0.937. The summed E-state index contributed by atoms with van der Waals surface area (Å²) in [6.07, 6.45) is 1.37. The van der Waals surface area contributed by atoms with Crippen LogP contribution in [0.4, 0.5) is 0 Å². The van der Waals surface area contributed by atoms with Crippen molar-refractivity contribution >= 4 is 11.8 Å². The Bertz CT molecular complexity index is 219. The van der Waals surface area contributed by atoms with Gasteiger partial charge in [-0.2, -0.15) is 0 Å². The first-order chi connectivity index (χ1) is 5.66. The van der Waals surface area contributed by atoms with Crippen LogP contribution >= 0.6 is 0 Å². The van der Waals surface area contributed by atoms with E-state index in [-0.39, 0.29) is 11.8 Å². The van der Waals surface area contributed by atoms with Gasteiger partial charge in [-0.1, -0.05) is 13.8 Å². The lowest BCUT2D eigenvalue weighted by molar-refractivity contribution is -0.136. The second-order valence-electron chi connectivity index (χ2n) is 2.21. The zero-order valence-electron chi connectivity index (χ0n) is 8.05. The number of rotatable bonds is 1. The number of amides is 2. The molecule has 0 spiro atoms. The molecule has 1 heterocycles. The van der Waals surface area contributed by atoms with Crippen molar-refractivity contribution in [2.24, 2.45) is 0 Å². The van der Waals surface area contributed by atoms with Crippen LogP contribution in [0.15, 0.2) is 11.6 Å². The van der Waals surface area contributed by atoms with Gasteiger partial charge in [0.05, 0.1) is 0 Å². The van der Waals surface area contributed by atoms with E-state index in [9.17, 15) is 9.59 Å². The second-order valence-corrected chi connectivity index (χ2v) is 2.21. The molecule has 0 aliphatic carbocycles. The van der Waals surface area contributed by atoms with Gasteiger partial charge >= 0.3 is 0 Å². The molecule has 3 nitrogen and oxygen atoms in total. The average molecular weight is 169 g/mol. The molecule has 0 unspecified atom stereocenters. The Labute approximate surface area is 73.1 Å². The highest BCUT2D eigenvalue weighted by Gasteiger charge is 2.25. The van der Waals surface area contributed by atoms with Gasteiger partial charge in [0.15, 0.2) is 0 Å². The lowest BCUT2D eigenvalue weighted by Gasteiger charge is -2.09. The standard InChI is InChI=1S/C7H9NO2.C2H6/c1-3-8-6(9)4-5(2)7(8)10;1-2/h4H,3H2,1-2H3;1-2H3. The van der Waals surface area contributed by atoms with Gasteiger partial charge < -0.3 is 0 Å². The number of carbonyl (C=O) groups is 2. The van der Waals surface area contributed by atoms with E-state index in [0.717, 1.165) is 0 Å². The van der Waals surface area contributed by atoms with Gasteiger partial charge in [0.1, 0.15) is 0 Å². The summed E-state index contributed by atoms with van der Waals surface area (Å²) in [5, 5.41) is 0. The van der Waals surface area contributed by atoms with E-state index in [4.69, 9.17) is 0 Å². The molecular weight excluding hydrogens is 154 g/mol. The van der Waals surface area contributed by atoms with Gasteiger partial charge in [0, 0.05) is 18.2 Å². The van der Waals surface area contributed by atoms with Gasteiger partial charge in [-0.3, -0.25) is 14.5 Å². The molecule has 0 radical (unpaired) electrons. The molecule has 0 bridgehead atoms. The monoisotopic (exact) mass is 169 g/mol. The summed E-state index contributed by atoms with van der Waals surface area (Å²) >= 11 is 0. The first-order valence-electron chi connectivity index (χ1n) is 4.21. The van der Waals surface area contributed by atoms with Crippen LogP contribution < -0.4 is 0 Å². The highest BCUT2D eigenvalue weighted by Crippen LogP contribution is 2.10. The molecule has 0 aromatic rings. The zero-order chi connectivity index (χ0) is 9.72. The maximum Gasteiger partial charge on any atom is 0.256 e. The quantitative estimate of drug-likeness (QED) is 0.555. The molecule has 1 rings (SSSR count). The molecule has 0 atom stereocenters. The summed E-state index contributed by atoms with van der Waals surface area (Å²) in [7, 11) is 0. The Morgan fingerprint density at radius 1 is 1.33 bits per heavy atom. The van der Waals surface area contributed by atoms with Crippen molar-refractivity contribution in [2.45, 2.75) is 27.7 Å². The summed E-state index contributed by atoms with van der Waals surface area (Å²) in [6.45, 7) is 7.89. The van der Waals surface area contributed by atoms with Crippen molar-refractivity contribution < 1.29 is 9.59 Å². The average Bonchev–Trinajstić information content (AvgIpc) is 2.31. The van der Waals surface area contributed by atoms with Gasteiger partial charge in [-0.05, 0) is 13.8 Å². The lowest BCUT2D eigenvalue weighted by Crippen LogP contribution is -2.30. The van der Waals surface area contributed by atoms with Crippen LogP contribution in [0.5, 0.6) is 0 Å². The summed E-state index contributed by atoms with van der Waals surface area (Å²) in [5.74, 6) is -0.350. The summed E-state index contributed by atoms with van der Waals surface area (Å²) < 4.78 is 0. The summed E-state index contributed by atoms with van der Waals surface area (Å²) in [5.41, 5.74) is 0.534. The molecule has 1 aliphatic heterocycles. The number of nitrogens with zero attached hydrogens (tertiary/aromatic N) is 1. The Hall–Kier alpha value is -1.12. The van der Waals surface area contributed by atoms with E-state index in [0.29, 0.717) is 12.1 Å². The Morgan fingerprint density at radius 2 is 1.83 bits per heavy atom. The summed E-state index contributed by atoms with van der Waals surface area (Å²) in [6, 6.07) is 0. The smallest absolute Gasteiger partial charge is 0.256 e. The Balaban J connectivity index is 0.000000561. The number of hydrogen-bond acceptors (Lipinski definition) is 2. The van der Waals surface area contributed by atoms with Crippen LogP contribution in [0.2, 0.25) is 0 Å². The van der Waals surface area contributed by atoms with E-state index in [1.165, 1.54) is 11.0 Å². The molecule has 0 aromatic carbocycles. The second kappa shape index (κ2) is 4.70. The van der Waals surface area contributed by atoms with Crippen molar-refractivity contribution in [3.8, 4) is 0 Å². The van der Waals surface area contributed by atoms with Crippen molar-refractivity contribution in [1.82, 2.24) is 4.90 Å². The fourth-order valence-electron chi connectivity index (χ4n) is 0.937. The fraction of sp³-hybridized carbons (Fsp3) is 0.556. The lowest BCUT2D eigenvalue weighted by atomic mass is 10.3. The molecule has 0 saturated heterocycles. The summed E-state index contributed by atoms with van der Waals surface area (Å²) in [4.78, 5) is 23.1.